The summed E-state index contributed by atoms with van der Waals surface area (Å²) in [7, 11) is 0. The first kappa shape index (κ1) is 18.9. The van der Waals surface area contributed by atoms with Crippen LogP contribution in [0.2, 0.25) is 0 Å². The van der Waals surface area contributed by atoms with Crippen LogP contribution in [0.3, 0.4) is 0 Å². The Balaban J connectivity index is 1.52. The van der Waals surface area contributed by atoms with Gasteiger partial charge in [0.25, 0.3) is 0 Å². The van der Waals surface area contributed by atoms with Crippen LogP contribution in [0.4, 0.5) is 0 Å². The molecule has 0 saturated carbocycles. The van der Waals surface area contributed by atoms with Gasteiger partial charge in [0.15, 0.2) is 0 Å². The number of aliphatic carboxylic acids is 1. The summed E-state index contributed by atoms with van der Waals surface area (Å²) in [6.45, 7) is 4.15. The third kappa shape index (κ3) is 4.64. The number of carboxylic acid groups (broad SMARTS) is 1. The van der Waals surface area contributed by atoms with Crippen LogP contribution in [0.15, 0.2) is 30.3 Å². The van der Waals surface area contributed by atoms with Crippen LogP contribution in [0.1, 0.15) is 44.1 Å². The lowest BCUT2D eigenvalue weighted by Gasteiger charge is -2.39. The van der Waals surface area contributed by atoms with E-state index in [0.29, 0.717) is 38.8 Å². The van der Waals surface area contributed by atoms with Gasteiger partial charge in [0.2, 0.25) is 5.91 Å². The molecule has 5 nitrogen and oxygen atoms in total. The number of carbonyl (C=O) groups excluding carboxylic acids is 1. The van der Waals surface area contributed by atoms with Crippen molar-refractivity contribution < 1.29 is 14.7 Å². The fraction of sp³-hybridized carbons (Fsp3) is 0.619. The van der Waals surface area contributed by atoms with Gasteiger partial charge in [-0.1, -0.05) is 36.8 Å². The van der Waals surface area contributed by atoms with Gasteiger partial charge < -0.3 is 14.9 Å². The van der Waals surface area contributed by atoms with E-state index in [-0.39, 0.29) is 5.91 Å². The van der Waals surface area contributed by atoms with E-state index >= 15 is 0 Å². The minimum absolute atomic E-state index is 0.175. The van der Waals surface area contributed by atoms with Crippen LogP contribution in [-0.4, -0.2) is 59.5 Å². The molecule has 0 unspecified atom stereocenters. The Hall–Kier alpha value is -1.88. The highest BCUT2D eigenvalue weighted by Crippen LogP contribution is 2.35. The predicted molar refractivity (Wildman–Crippen MR) is 101 cm³/mol. The van der Waals surface area contributed by atoms with Crippen LogP contribution in [-0.2, 0) is 16.0 Å². The summed E-state index contributed by atoms with van der Waals surface area (Å²) < 4.78 is 0. The lowest BCUT2D eigenvalue weighted by molar-refractivity contribution is -0.154. The highest BCUT2D eigenvalue weighted by molar-refractivity contribution is 5.78. The molecule has 1 N–H and O–H groups in total. The van der Waals surface area contributed by atoms with Gasteiger partial charge in [-0.25, -0.2) is 0 Å². The summed E-state index contributed by atoms with van der Waals surface area (Å²) >= 11 is 0. The molecule has 2 aliphatic heterocycles. The van der Waals surface area contributed by atoms with Crippen LogP contribution in [0, 0.1) is 5.41 Å². The second kappa shape index (κ2) is 8.67. The second-order valence-corrected chi connectivity index (χ2v) is 7.78. The standard InChI is InChI=1S/C21H30N2O3/c24-19(9-14-22-12-5-2-6-13-22)23-15-10-21(11-16-23,20(25)26)17-18-7-3-1-4-8-18/h1,3-4,7-8H,2,5-6,9-17H2,(H,25,26). The summed E-state index contributed by atoms with van der Waals surface area (Å²) in [5, 5.41) is 9.84. The molecule has 142 valence electrons. The maximum atomic E-state index is 12.5. The fourth-order valence-corrected chi connectivity index (χ4v) is 4.23. The first-order chi connectivity index (χ1) is 12.6. The lowest BCUT2D eigenvalue weighted by Crippen LogP contribution is -2.48. The maximum Gasteiger partial charge on any atom is 0.310 e. The number of likely N-dealkylation sites (tertiary alicyclic amines) is 2. The van der Waals surface area contributed by atoms with Crippen LogP contribution in [0.25, 0.3) is 0 Å². The van der Waals surface area contributed by atoms with E-state index in [2.05, 4.69) is 4.90 Å². The van der Waals surface area contributed by atoms with Gasteiger partial charge >= 0.3 is 5.97 Å². The average Bonchev–Trinajstić information content (AvgIpc) is 2.68. The van der Waals surface area contributed by atoms with Crippen molar-refractivity contribution in [3.63, 3.8) is 0 Å². The summed E-state index contributed by atoms with van der Waals surface area (Å²) in [5.74, 6) is -0.559. The van der Waals surface area contributed by atoms with E-state index in [9.17, 15) is 14.7 Å². The van der Waals surface area contributed by atoms with Crippen molar-refractivity contribution in [2.24, 2.45) is 5.41 Å². The summed E-state index contributed by atoms with van der Waals surface area (Å²) in [4.78, 5) is 28.8. The Morgan fingerprint density at radius 3 is 2.23 bits per heavy atom. The molecule has 3 rings (SSSR count). The predicted octanol–water partition coefficient (Wildman–Crippen LogP) is 2.80. The molecule has 0 aromatic heterocycles. The maximum absolute atomic E-state index is 12.5. The van der Waals surface area contributed by atoms with E-state index in [1.54, 1.807) is 0 Å². The van der Waals surface area contributed by atoms with Gasteiger partial charge in [0.1, 0.15) is 0 Å². The molecule has 5 heteroatoms. The Morgan fingerprint density at radius 2 is 1.62 bits per heavy atom. The van der Waals surface area contributed by atoms with E-state index in [0.717, 1.165) is 25.2 Å². The third-order valence-corrected chi connectivity index (χ3v) is 6.00. The number of carboxylic acids is 1. The number of hydrogen-bond acceptors (Lipinski definition) is 3. The molecule has 2 aliphatic rings. The monoisotopic (exact) mass is 358 g/mol. The van der Waals surface area contributed by atoms with Crippen molar-refractivity contribution in [2.45, 2.75) is 44.9 Å². The number of benzene rings is 1. The molecule has 1 aromatic rings. The molecule has 0 atom stereocenters. The molecule has 0 aliphatic carbocycles. The quantitative estimate of drug-likeness (QED) is 0.849. The molecule has 0 spiro atoms. The highest BCUT2D eigenvalue weighted by atomic mass is 16.4. The van der Waals surface area contributed by atoms with Gasteiger partial charge in [-0.15, -0.1) is 0 Å². The summed E-state index contributed by atoms with van der Waals surface area (Å²) in [5.41, 5.74) is 0.310. The Morgan fingerprint density at radius 1 is 0.962 bits per heavy atom. The largest absolute Gasteiger partial charge is 0.481 e. The van der Waals surface area contributed by atoms with Crippen molar-refractivity contribution in [1.29, 1.82) is 0 Å². The Kier molecular flexibility index (Phi) is 6.30. The average molecular weight is 358 g/mol. The van der Waals surface area contributed by atoms with Crippen molar-refractivity contribution in [2.75, 3.05) is 32.7 Å². The van der Waals surface area contributed by atoms with E-state index in [4.69, 9.17) is 0 Å². The van der Waals surface area contributed by atoms with Gasteiger partial charge in [-0.05, 0) is 50.8 Å². The number of hydrogen-bond donors (Lipinski definition) is 1. The topological polar surface area (TPSA) is 60.9 Å². The van der Waals surface area contributed by atoms with Crippen molar-refractivity contribution in [3.05, 3.63) is 35.9 Å². The summed E-state index contributed by atoms with van der Waals surface area (Å²) in [6, 6.07) is 9.82. The zero-order chi connectivity index (χ0) is 18.4. The van der Waals surface area contributed by atoms with Crippen molar-refractivity contribution in [1.82, 2.24) is 9.80 Å². The molecular weight excluding hydrogens is 328 g/mol. The van der Waals surface area contributed by atoms with Crippen LogP contribution in [0.5, 0.6) is 0 Å². The third-order valence-electron chi connectivity index (χ3n) is 6.00. The number of piperidine rings is 2. The smallest absolute Gasteiger partial charge is 0.310 e. The molecule has 1 amide bonds. The molecule has 1 aromatic carbocycles. The minimum atomic E-state index is -0.745. The zero-order valence-corrected chi connectivity index (χ0v) is 15.5. The van der Waals surface area contributed by atoms with Crippen molar-refractivity contribution >= 4 is 11.9 Å². The lowest BCUT2D eigenvalue weighted by atomic mass is 9.74. The van der Waals surface area contributed by atoms with Gasteiger partial charge in [-0.2, -0.15) is 0 Å². The summed E-state index contributed by atoms with van der Waals surface area (Å²) in [6.07, 6.45) is 5.93. The number of rotatable bonds is 6. The van der Waals surface area contributed by atoms with E-state index < -0.39 is 11.4 Å². The molecular formula is C21H30N2O3. The molecule has 0 bridgehead atoms. The van der Waals surface area contributed by atoms with Gasteiger partial charge in [0, 0.05) is 26.1 Å². The molecule has 2 fully saturated rings. The molecule has 2 heterocycles. The van der Waals surface area contributed by atoms with E-state index in [1.807, 2.05) is 35.2 Å². The Labute approximate surface area is 156 Å². The number of amides is 1. The minimum Gasteiger partial charge on any atom is -0.481 e. The number of carbonyl (C=O) groups is 2. The van der Waals surface area contributed by atoms with Gasteiger partial charge in [0.05, 0.1) is 5.41 Å². The molecule has 0 radical (unpaired) electrons. The highest BCUT2D eigenvalue weighted by Gasteiger charge is 2.42. The normalized spacial score (nSPS) is 20.7. The van der Waals surface area contributed by atoms with Gasteiger partial charge in [-0.3, -0.25) is 9.59 Å². The van der Waals surface area contributed by atoms with Crippen LogP contribution >= 0.6 is 0 Å². The SMILES string of the molecule is O=C(CCN1CCCCC1)N1CCC(Cc2ccccc2)(C(=O)O)CC1. The zero-order valence-electron chi connectivity index (χ0n) is 15.5. The van der Waals surface area contributed by atoms with Crippen molar-refractivity contribution in [3.8, 4) is 0 Å². The number of nitrogens with zero attached hydrogens (tertiary/aromatic N) is 2. The fourth-order valence-electron chi connectivity index (χ4n) is 4.23. The Bertz CT molecular complexity index is 603. The second-order valence-electron chi connectivity index (χ2n) is 7.78. The first-order valence-electron chi connectivity index (χ1n) is 9.87. The van der Waals surface area contributed by atoms with Crippen LogP contribution < -0.4 is 0 Å². The first-order valence-corrected chi connectivity index (χ1v) is 9.87. The molecule has 26 heavy (non-hydrogen) atoms. The van der Waals surface area contributed by atoms with E-state index in [1.165, 1.54) is 19.3 Å². The molecule has 2 saturated heterocycles.